The largest absolute Gasteiger partial charge is 0.488 e. The lowest BCUT2D eigenvalue weighted by Gasteiger charge is -2.22. The maximum absolute atomic E-state index is 12.2. The number of nitrogens with one attached hydrogen (secondary N) is 2. The molecule has 0 spiro atoms. The van der Waals surface area contributed by atoms with Gasteiger partial charge < -0.3 is 9.30 Å². The van der Waals surface area contributed by atoms with Gasteiger partial charge in [-0.2, -0.15) is 4.41 Å². The van der Waals surface area contributed by atoms with Crippen molar-refractivity contribution in [3.8, 4) is 5.75 Å². The van der Waals surface area contributed by atoms with E-state index in [1.165, 1.54) is 16.8 Å². The molecule has 0 saturated heterocycles. The van der Waals surface area contributed by atoms with Gasteiger partial charge in [-0.3, -0.25) is 9.78 Å². The number of ether oxygens (including phenoxy) is 1. The van der Waals surface area contributed by atoms with Crippen molar-refractivity contribution in [1.29, 1.82) is 0 Å². The highest BCUT2D eigenvalue weighted by Gasteiger charge is 2.10. The Morgan fingerprint density at radius 1 is 1.33 bits per heavy atom. The Balaban J connectivity index is 1.82. The molecule has 0 radical (unpaired) electrons. The van der Waals surface area contributed by atoms with E-state index in [0.29, 0.717) is 25.3 Å². The van der Waals surface area contributed by atoms with Gasteiger partial charge in [-0.15, -0.1) is 0 Å². The van der Waals surface area contributed by atoms with E-state index in [-0.39, 0.29) is 6.04 Å². The average molecular weight is 400 g/mol. The molecule has 1 atom stereocenters. The molecule has 7 nitrogen and oxygen atoms in total. The number of alkyl halides is 2. The molecule has 0 bridgehead atoms. The van der Waals surface area contributed by atoms with Crippen molar-refractivity contribution in [2.75, 3.05) is 13.2 Å². The molecule has 1 unspecified atom stereocenters. The van der Waals surface area contributed by atoms with Gasteiger partial charge in [-0.05, 0) is 31.0 Å². The maximum Gasteiger partial charge on any atom is 0.328 e. The molecule has 2 N–H and O–H groups in total. The summed E-state index contributed by atoms with van der Waals surface area (Å²) in [4.78, 5) is 24.8. The quantitative estimate of drug-likeness (QED) is 0.420. The first-order valence-corrected chi connectivity index (χ1v) is 8.78. The Hall–Kier alpha value is -2.17. The summed E-state index contributed by atoms with van der Waals surface area (Å²) >= 11 is 4.35. The molecular weight excluding hydrogens is 378 g/mol. The van der Waals surface area contributed by atoms with E-state index in [9.17, 15) is 18.4 Å². The minimum Gasteiger partial charge on any atom is -0.488 e. The molecule has 1 aromatic heterocycles. The number of hydrogen-bond acceptors (Lipinski definition) is 6. The number of hydrazine groups is 1. The van der Waals surface area contributed by atoms with Crippen LogP contribution in [-0.4, -0.2) is 33.5 Å². The smallest absolute Gasteiger partial charge is 0.328 e. The van der Waals surface area contributed by atoms with Crippen LogP contribution in [0.15, 0.2) is 46.1 Å². The molecule has 0 aliphatic heterocycles. The van der Waals surface area contributed by atoms with Crippen LogP contribution in [0.3, 0.4) is 0 Å². The van der Waals surface area contributed by atoms with Gasteiger partial charge in [-0.25, -0.2) is 19.0 Å². The molecular formula is C17H22F2N4O3S. The first-order valence-electron chi connectivity index (χ1n) is 8.38. The summed E-state index contributed by atoms with van der Waals surface area (Å²) in [5, 5.41) is 0. The minimum absolute atomic E-state index is 0.131. The van der Waals surface area contributed by atoms with Gasteiger partial charge >= 0.3 is 5.69 Å². The molecule has 148 valence electrons. The zero-order valence-electron chi connectivity index (χ0n) is 14.8. The number of H-pyrrole nitrogens is 1. The lowest BCUT2D eigenvalue weighted by Crippen LogP contribution is -2.34. The zero-order chi connectivity index (χ0) is 19.8. The van der Waals surface area contributed by atoms with Crippen LogP contribution in [0, 0.1) is 0 Å². The highest BCUT2D eigenvalue weighted by molar-refractivity contribution is 7.77. The fourth-order valence-corrected chi connectivity index (χ4v) is 2.72. The van der Waals surface area contributed by atoms with Crippen molar-refractivity contribution in [1.82, 2.24) is 19.4 Å². The van der Waals surface area contributed by atoms with Crippen molar-refractivity contribution in [3.63, 3.8) is 0 Å². The third kappa shape index (κ3) is 7.16. The predicted octanol–water partition coefficient (Wildman–Crippen LogP) is 1.98. The predicted molar refractivity (Wildman–Crippen MR) is 101 cm³/mol. The molecule has 0 aliphatic rings. The summed E-state index contributed by atoms with van der Waals surface area (Å²) in [6.07, 6.45) is -0.454. The van der Waals surface area contributed by atoms with Crippen molar-refractivity contribution in [2.45, 2.75) is 32.4 Å². The van der Waals surface area contributed by atoms with Gasteiger partial charge in [0.25, 0.3) is 12.0 Å². The van der Waals surface area contributed by atoms with Crippen molar-refractivity contribution in [3.05, 3.63) is 62.9 Å². The second-order valence-corrected chi connectivity index (χ2v) is 6.39. The average Bonchev–Trinajstić information content (AvgIpc) is 2.62. The first kappa shape index (κ1) is 21.1. The number of benzene rings is 1. The highest BCUT2D eigenvalue weighted by Crippen LogP contribution is 2.20. The molecule has 27 heavy (non-hydrogen) atoms. The third-order valence-corrected chi connectivity index (χ3v) is 4.06. The maximum atomic E-state index is 12.2. The van der Waals surface area contributed by atoms with Crippen LogP contribution < -0.4 is 21.4 Å². The summed E-state index contributed by atoms with van der Waals surface area (Å²) < 4.78 is 32.5. The standard InChI is InChI=1S/C17H22F2N4O3S/c1-12(13-4-2-5-14(10-13)26-11-15(18)19)21-23(27)8-3-7-22-9-6-16(24)20-17(22)25/h2,4-6,9-10,12,15,21,27H,3,7-8,11H2,1H3,(H,20,24,25). The van der Waals surface area contributed by atoms with E-state index in [2.05, 4.69) is 23.2 Å². The van der Waals surface area contributed by atoms with Crippen LogP contribution in [0.2, 0.25) is 0 Å². The lowest BCUT2D eigenvalue weighted by atomic mass is 10.1. The Kier molecular flexibility index (Phi) is 8.01. The summed E-state index contributed by atoms with van der Waals surface area (Å²) in [7, 11) is 0. The van der Waals surface area contributed by atoms with Crippen LogP contribution in [0.5, 0.6) is 5.75 Å². The summed E-state index contributed by atoms with van der Waals surface area (Å²) in [6.45, 7) is 2.22. The van der Waals surface area contributed by atoms with Gasteiger partial charge in [0.15, 0.2) is 0 Å². The van der Waals surface area contributed by atoms with E-state index in [1.54, 1.807) is 22.6 Å². The normalized spacial score (nSPS) is 12.5. The van der Waals surface area contributed by atoms with Gasteiger partial charge in [0.2, 0.25) is 0 Å². The van der Waals surface area contributed by atoms with E-state index in [0.717, 1.165) is 5.56 Å². The molecule has 1 aromatic carbocycles. The number of aromatic nitrogens is 2. The number of aromatic amines is 1. The van der Waals surface area contributed by atoms with Crippen molar-refractivity contribution in [2.24, 2.45) is 0 Å². The van der Waals surface area contributed by atoms with Gasteiger partial charge in [0.1, 0.15) is 12.4 Å². The monoisotopic (exact) mass is 400 g/mol. The molecule has 0 saturated carbocycles. The number of nitrogens with zero attached hydrogens (tertiary/aromatic N) is 2. The summed E-state index contributed by atoms with van der Waals surface area (Å²) in [5.74, 6) is 0.379. The minimum atomic E-state index is -2.52. The summed E-state index contributed by atoms with van der Waals surface area (Å²) in [5.41, 5.74) is 3.13. The van der Waals surface area contributed by atoms with Crippen LogP contribution in [0.1, 0.15) is 24.9 Å². The molecule has 2 rings (SSSR count). The number of aryl methyl sites for hydroxylation is 1. The molecule has 2 aromatic rings. The van der Waals surface area contributed by atoms with Crippen LogP contribution in [0.4, 0.5) is 8.78 Å². The van der Waals surface area contributed by atoms with Gasteiger partial charge in [-0.1, -0.05) is 24.9 Å². The SMILES string of the molecule is CC(NN(S)CCCn1ccc(=O)[nH]c1=O)c1cccc(OCC(F)F)c1. The Bertz CT molecular complexity index is 843. The fourth-order valence-electron chi connectivity index (χ4n) is 2.41. The Morgan fingerprint density at radius 3 is 2.81 bits per heavy atom. The Morgan fingerprint density at radius 2 is 2.11 bits per heavy atom. The number of thiol groups is 1. The van der Waals surface area contributed by atoms with Crippen LogP contribution in [-0.2, 0) is 6.54 Å². The second kappa shape index (κ2) is 10.2. The zero-order valence-corrected chi connectivity index (χ0v) is 15.7. The van der Waals surface area contributed by atoms with Gasteiger partial charge in [0, 0.05) is 31.4 Å². The number of rotatable bonds is 10. The molecule has 10 heteroatoms. The fraction of sp³-hybridized carbons (Fsp3) is 0.412. The molecule has 0 fully saturated rings. The van der Waals surface area contributed by atoms with E-state index in [4.69, 9.17) is 4.74 Å². The van der Waals surface area contributed by atoms with Gasteiger partial charge in [0.05, 0.1) is 0 Å². The number of halogens is 2. The second-order valence-electron chi connectivity index (χ2n) is 5.91. The molecule has 1 heterocycles. The summed E-state index contributed by atoms with van der Waals surface area (Å²) in [6, 6.07) is 8.08. The lowest BCUT2D eigenvalue weighted by molar-refractivity contribution is 0.0818. The topological polar surface area (TPSA) is 79.4 Å². The van der Waals surface area contributed by atoms with Crippen molar-refractivity contribution >= 4 is 12.8 Å². The van der Waals surface area contributed by atoms with E-state index in [1.807, 2.05) is 13.0 Å². The Labute approximate surface area is 160 Å². The third-order valence-electron chi connectivity index (χ3n) is 3.74. The van der Waals surface area contributed by atoms with Crippen LogP contribution in [0.25, 0.3) is 0 Å². The highest BCUT2D eigenvalue weighted by atomic mass is 32.1. The first-order chi connectivity index (χ1) is 12.8. The van der Waals surface area contributed by atoms with E-state index >= 15 is 0 Å². The molecule has 0 aliphatic carbocycles. The molecule has 0 amide bonds. The van der Waals surface area contributed by atoms with E-state index < -0.39 is 24.3 Å². The van der Waals surface area contributed by atoms with Crippen molar-refractivity contribution < 1.29 is 13.5 Å². The number of hydrogen-bond donors (Lipinski definition) is 3. The van der Waals surface area contributed by atoms with Crippen LogP contribution >= 0.6 is 12.8 Å².